The molecule has 0 fully saturated rings. The fourth-order valence-electron chi connectivity index (χ4n) is 3.68. The van der Waals surface area contributed by atoms with Crippen LogP contribution in [0.25, 0.3) is 10.9 Å². The third-order valence-corrected chi connectivity index (χ3v) is 5.39. The van der Waals surface area contributed by atoms with Crippen LogP contribution >= 0.6 is 0 Å². The Morgan fingerprint density at radius 2 is 1.56 bits per heavy atom. The van der Waals surface area contributed by atoms with Gasteiger partial charge in [0.05, 0.1) is 17.4 Å². The minimum Gasteiger partial charge on any atom is -0.508 e. The van der Waals surface area contributed by atoms with Crippen molar-refractivity contribution in [1.29, 1.82) is 0 Å². The maximum absolute atomic E-state index is 13.3. The van der Waals surface area contributed by atoms with Crippen LogP contribution in [0.2, 0.25) is 0 Å². The van der Waals surface area contributed by atoms with Gasteiger partial charge in [-0.1, -0.05) is 42.5 Å². The van der Waals surface area contributed by atoms with Gasteiger partial charge in [0, 0.05) is 12.1 Å². The molecule has 0 unspecified atom stereocenters. The first-order chi connectivity index (χ1) is 15.5. The summed E-state index contributed by atoms with van der Waals surface area (Å²) in [6.07, 6.45) is 0.325. The van der Waals surface area contributed by atoms with Crippen LogP contribution in [0.3, 0.4) is 0 Å². The number of phenols is 1. The number of fused-ring (bicyclic) bond motifs is 1. The normalized spacial score (nSPS) is 10.9. The maximum Gasteiger partial charge on any atom is 0.331 e. The molecule has 0 bridgehead atoms. The lowest BCUT2D eigenvalue weighted by Crippen LogP contribution is -2.40. The number of carbonyl (C=O) groups excluding carboxylic acids is 1. The van der Waals surface area contributed by atoms with Gasteiger partial charge in [-0.2, -0.15) is 0 Å². The van der Waals surface area contributed by atoms with Gasteiger partial charge >= 0.3 is 5.69 Å². The van der Waals surface area contributed by atoms with Crippen molar-refractivity contribution >= 4 is 16.8 Å². The van der Waals surface area contributed by atoms with Gasteiger partial charge in [-0.05, 0) is 47.9 Å². The number of rotatable bonds is 6. The number of aryl methyl sites for hydroxylation is 1. The van der Waals surface area contributed by atoms with Crippen molar-refractivity contribution in [3.63, 3.8) is 0 Å². The number of aromatic hydroxyl groups is 1. The molecule has 0 aliphatic heterocycles. The molecule has 0 aliphatic rings. The number of benzene rings is 3. The Hall–Kier alpha value is -4.17. The molecule has 1 aromatic heterocycles. The molecule has 8 heteroatoms. The molecule has 32 heavy (non-hydrogen) atoms. The van der Waals surface area contributed by atoms with Gasteiger partial charge in [-0.15, -0.1) is 0 Å². The minimum absolute atomic E-state index is 0.119. The first kappa shape index (κ1) is 21.1. The molecule has 4 rings (SSSR count). The fourth-order valence-corrected chi connectivity index (χ4v) is 3.68. The first-order valence-corrected chi connectivity index (χ1v) is 10.0. The number of nitrogens with one attached hydrogen (secondary N) is 1. The Morgan fingerprint density at radius 1 is 0.875 bits per heavy atom. The molecule has 4 aromatic rings. The molecule has 8 nitrogen and oxygen atoms in total. The monoisotopic (exact) mass is 431 g/mol. The van der Waals surface area contributed by atoms with Crippen LogP contribution in [0.1, 0.15) is 21.5 Å². The summed E-state index contributed by atoms with van der Waals surface area (Å²) in [6.45, 7) is 0.312. The summed E-state index contributed by atoms with van der Waals surface area (Å²) in [5.41, 5.74) is 2.93. The molecule has 0 spiro atoms. The largest absolute Gasteiger partial charge is 0.508 e. The summed E-state index contributed by atoms with van der Waals surface area (Å²) in [5, 5.41) is 19.2. The quantitative estimate of drug-likeness (QED) is 0.320. The SMILES string of the molecule is O=C(NO)c1ccc(Cn2c(=O)n(CCc3ccccc3O)c(=O)c3ccccc32)cc1. The van der Waals surface area contributed by atoms with Crippen molar-refractivity contribution in [3.8, 4) is 5.75 Å². The smallest absolute Gasteiger partial charge is 0.331 e. The highest BCUT2D eigenvalue weighted by atomic mass is 16.5. The topological polar surface area (TPSA) is 114 Å². The Kier molecular flexibility index (Phi) is 5.87. The molecule has 3 N–H and O–H groups in total. The van der Waals surface area contributed by atoms with Gasteiger partial charge in [0.1, 0.15) is 5.75 Å². The number of aromatic nitrogens is 2. The van der Waals surface area contributed by atoms with E-state index in [4.69, 9.17) is 5.21 Å². The van der Waals surface area contributed by atoms with Crippen LogP contribution in [0.4, 0.5) is 0 Å². The Bertz CT molecular complexity index is 1400. The average molecular weight is 431 g/mol. The number of nitrogens with zero attached hydrogens (tertiary/aromatic N) is 2. The molecule has 0 aliphatic carbocycles. The zero-order chi connectivity index (χ0) is 22.7. The van der Waals surface area contributed by atoms with Crippen molar-refractivity contribution in [2.24, 2.45) is 0 Å². The zero-order valence-electron chi connectivity index (χ0n) is 17.1. The predicted octanol–water partition coefficient (Wildman–Crippen LogP) is 2.28. The third-order valence-electron chi connectivity index (χ3n) is 5.39. The number of hydrogen-bond acceptors (Lipinski definition) is 5. The van der Waals surface area contributed by atoms with Gasteiger partial charge in [0.2, 0.25) is 0 Å². The Balaban J connectivity index is 1.75. The van der Waals surface area contributed by atoms with Crippen LogP contribution in [0.15, 0.2) is 82.4 Å². The van der Waals surface area contributed by atoms with E-state index in [1.165, 1.54) is 9.13 Å². The first-order valence-electron chi connectivity index (χ1n) is 10.0. The van der Waals surface area contributed by atoms with Crippen LogP contribution in [-0.2, 0) is 19.5 Å². The molecule has 1 amide bonds. The third kappa shape index (κ3) is 4.03. The summed E-state index contributed by atoms with van der Waals surface area (Å²) < 4.78 is 2.70. The standard InChI is InChI=1S/C24H21N3O5/c28-21-8-4-1-5-17(21)13-14-26-23(30)19-6-2-3-7-20(19)27(24(26)31)15-16-9-11-18(12-10-16)22(29)25-32/h1-12,28,32H,13-15H2,(H,25,29). The van der Waals surface area contributed by atoms with Crippen LogP contribution in [0, 0.1) is 0 Å². The van der Waals surface area contributed by atoms with Gasteiger partial charge in [-0.3, -0.25) is 23.9 Å². The lowest BCUT2D eigenvalue weighted by atomic mass is 10.1. The van der Waals surface area contributed by atoms with Gasteiger partial charge in [-0.25, -0.2) is 10.3 Å². The summed E-state index contributed by atoms with van der Waals surface area (Å²) in [4.78, 5) is 37.9. The summed E-state index contributed by atoms with van der Waals surface area (Å²) in [5.74, 6) is -0.509. The van der Waals surface area contributed by atoms with E-state index in [9.17, 15) is 19.5 Å². The van der Waals surface area contributed by atoms with E-state index >= 15 is 0 Å². The molecule has 3 aromatic carbocycles. The van der Waals surface area contributed by atoms with E-state index in [1.54, 1.807) is 78.3 Å². The number of carbonyl (C=O) groups is 1. The predicted molar refractivity (Wildman–Crippen MR) is 119 cm³/mol. The average Bonchev–Trinajstić information content (AvgIpc) is 2.82. The number of hydroxylamine groups is 1. The molecule has 0 saturated heterocycles. The number of para-hydroxylation sites is 2. The summed E-state index contributed by atoms with van der Waals surface area (Å²) in [7, 11) is 0. The highest BCUT2D eigenvalue weighted by molar-refractivity contribution is 5.93. The second-order valence-electron chi connectivity index (χ2n) is 7.36. The van der Waals surface area contributed by atoms with E-state index < -0.39 is 11.6 Å². The van der Waals surface area contributed by atoms with Crippen molar-refractivity contribution in [2.75, 3.05) is 0 Å². The molecule has 0 radical (unpaired) electrons. The Labute approximate surface area is 182 Å². The number of hydrogen-bond donors (Lipinski definition) is 3. The van der Waals surface area contributed by atoms with Crippen molar-refractivity contribution < 1.29 is 15.1 Å². The van der Waals surface area contributed by atoms with E-state index in [0.29, 0.717) is 22.9 Å². The van der Waals surface area contributed by atoms with Crippen molar-refractivity contribution in [3.05, 3.63) is 110 Å². The van der Waals surface area contributed by atoms with Gasteiger partial charge in [0.15, 0.2) is 0 Å². The van der Waals surface area contributed by atoms with Crippen molar-refractivity contribution in [2.45, 2.75) is 19.5 Å². The number of amides is 1. The Morgan fingerprint density at radius 3 is 2.28 bits per heavy atom. The number of phenolic OH excluding ortho intramolecular Hbond substituents is 1. The van der Waals surface area contributed by atoms with E-state index in [2.05, 4.69) is 0 Å². The van der Waals surface area contributed by atoms with Crippen LogP contribution in [0.5, 0.6) is 5.75 Å². The van der Waals surface area contributed by atoms with E-state index in [-0.39, 0.29) is 30.0 Å². The highest BCUT2D eigenvalue weighted by Crippen LogP contribution is 2.17. The zero-order valence-corrected chi connectivity index (χ0v) is 17.1. The lowest BCUT2D eigenvalue weighted by molar-refractivity contribution is 0.0706. The summed E-state index contributed by atoms with van der Waals surface area (Å²) >= 11 is 0. The fraction of sp³-hybridized carbons (Fsp3) is 0.125. The minimum atomic E-state index is -0.628. The molecule has 1 heterocycles. The second-order valence-corrected chi connectivity index (χ2v) is 7.36. The van der Waals surface area contributed by atoms with Gasteiger partial charge in [0.25, 0.3) is 11.5 Å². The lowest BCUT2D eigenvalue weighted by Gasteiger charge is -2.15. The van der Waals surface area contributed by atoms with Gasteiger partial charge < -0.3 is 5.11 Å². The second kappa shape index (κ2) is 8.91. The van der Waals surface area contributed by atoms with E-state index in [0.717, 1.165) is 5.56 Å². The van der Waals surface area contributed by atoms with Crippen molar-refractivity contribution in [1.82, 2.24) is 14.6 Å². The maximum atomic E-state index is 13.3. The molecular weight excluding hydrogens is 410 g/mol. The molecule has 162 valence electrons. The van der Waals surface area contributed by atoms with E-state index in [1.807, 2.05) is 0 Å². The summed E-state index contributed by atoms with van der Waals surface area (Å²) in [6, 6.07) is 20.2. The molecule has 0 saturated carbocycles. The highest BCUT2D eigenvalue weighted by Gasteiger charge is 2.14. The van der Waals surface area contributed by atoms with Crippen LogP contribution in [-0.4, -0.2) is 25.4 Å². The molecular formula is C24H21N3O5. The van der Waals surface area contributed by atoms with Crippen LogP contribution < -0.4 is 16.7 Å². The molecule has 0 atom stereocenters.